The van der Waals surface area contributed by atoms with Crippen molar-refractivity contribution >= 4 is 5.97 Å². The summed E-state index contributed by atoms with van der Waals surface area (Å²) in [5, 5.41) is 9.74. The molecule has 0 bridgehead atoms. The van der Waals surface area contributed by atoms with Crippen LogP contribution in [0.25, 0.3) is 0 Å². The first-order valence-corrected chi connectivity index (χ1v) is 8.08. The van der Waals surface area contributed by atoms with E-state index in [1.54, 1.807) is 6.08 Å². The lowest BCUT2D eigenvalue weighted by atomic mass is 10.2. The van der Waals surface area contributed by atoms with E-state index in [1.807, 2.05) is 24.3 Å². The van der Waals surface area contributed by atoms with Crippen molar-refractivity contribution in [1.29, 1.82) is 0 Å². The predicted molar refractivity (Wildman–Crippen MR) is 92.6 cm³/mol. The molecule has 0 aromatic rings. The number of hydrogen-bond acceptors (Lipinski definition) is 3. The highest BCUT2D eigenvalue weighted by molar-refractivity contribution is 5.68. The van der Waals surface area contributed by atoms with Gasteiger partial charge < -0.3 is 9.84 Å². The molecule has 0 radical (unpaired) electrons. The smallest absolute Gasteiger partial charge is 0.305 e. The zero-order valence-electron chi connectivity index (χ0n) is 13.9. The molecule has 0 spiro atoms. The second-order valence-corrected chi connectivity index (χ2v) is 5.02. The number of allylic oxidation sites excluding steroid dienone is 6. The van der Waals surface area contributed by atoms with Crippen LogP contribution in [0.1, 0.15) is 51.9 Å². The molecule has 124 valence electrons. The highest BCUT2D eigenvalue weighted by Gasteiger charge is 1.97. The molecule has 22 heavy (non-hydrogen) atoms. The lowest BCUT2D eigenvalue weighted by Crippen LogP contribution is -1.99. The van der Waals surface area contributed by atoms with E-state index in [1.165, 1.54) is 7.11 Å². The van der Waals surface area contributed by atoms with Crippen molar-refractivity contribution in [2.24, 2.45) is 0 Å². The molecule has 0 aliphatic heterocycles. The van der Waals surface area contributed by atoms with Crippen LogP contribution in [0.5, 0.6) is 0 Å². The fourth-order valence-electron chi connectivity index (χ4n) is 1.75. The molecule has 0 aromatic heterocycles. The van der Waals surface area contributed by atoms with Crippen molar-refractivity contribution in [2.75, 3.05) is 7.11 Å². The van der Waals surface area contributed by atoms with Gasteiger partial charge in [0.1, 0.15) is 0 Å². The van der Waals surface area contributed by atoms with Crippen molar-refractivity contribution in [3.63, 3.8) is 0 Å². The lowest BCUT2D eigenvalue weighted by Gasteiger charge is -1.99. The van der Waals surface area contributed by atoms with Crippen molar-refractivity contribution in [3.8, 4) is 0 Å². The second-order valence-electron chi connectivity index (χ2n) is 5.02. The number of carbonyl (C=O) groups excluding carboxylic acids is 1. The van der Waals surface area contributed by atoms with Crippen LogP contribution in [-0.4, -0.2) is 24.3 Å². The van der Waals surface area contributed by atoms with Crippen LogP contribution in [-0.2, 0) is 9.53 Å². The third kappa shape index (κ3) is 14.8. The molecule has 1 N–H and O–H groups in total. The van der Waals surface area contributed by atoms with Gasteiger partial charge in [0.25, 0.3) is 0 Å². The monoisotopic (exact) mass is 306 g/mol. The van der Waals surface area contributed by atoms with Gasteiger partial charge in [-0.3, -0.25) is 4.79 Å². The van der Waals surface area contributed by atoms with Crippen LogP contribution < -0.4 is 0 Å². The van der Waals surface area contributed by atoms with Gasteiger partial charge in [0.05, 0.1) is 13.2 Å². The Morgan fingerprint density at radius 3 is 2.59 bits per heavy atom. The van der Waals surface area contributed by atoms with Gasteiger partial charge >= 0.3 is 5.97 Å². The average molecular weight is 306 g/mol. The summed E-state index contributed by atoms with van der Waals surface area (Å²) in [4.78, 5) is 10.9. The number of carbonyl (C=O) groups is 1. The van der Waals surface area contributed by atoms with Crippen LogP contribution in [0.15, 0.2) is 48.6 Å². The highest BCUT2D eigenvalue weighted by atomic mass is 16.5. The van der Waals surface area contributed by atoms with E-state index in [2.05, 4.69) is 29.9 Å². The maximum absolute atomic E-state index is 10.9. The largest absolute Gasteiger partial charge is 0.469 e. The number of aliphatic hydroxyl groups excluding tert-OH is 1. The molecule has 0 heterocycles. The Hall–Kier alpha value is -1.61. The Morgan fingerprint density at radius 2 is 1.86 bits per heavy atom. The number of esters is 1. The maximum Gasteiger partial charge on any atom is 0.305 e. The molecule has 0 saturated carbocycles. The first-order valence-electron chi connectivity index (χ1n) is 8.08. The summed E-state index contributed by atoms with van der Waals surface area (Å²) in [6, 6.07) is 0. The van der Waals surface area contributed by atoms with E-state index >= 15 is 0 Å². The Bertz CT molecular complexity index is 378. The molecule has 3 heteroatoms. The van der Waals surface area contributed by atoms with Crippen LogP contribution in [0.3, 0.4) is 0 Å². The number of hydrogen-bond donors (Lipinski definition) is 1. The second kappa shape index (κ2) is 15.8. The van der Waals surface area contributed by atoms with Gasteiger partial charge in [-0.25, -0.2) is 0 Å². The van der Waals surface area contributed by atoms with Crippen LogP contribution in [0.4, 0.5) is 0 Å². The number of rotatable bonds is 12. The summed E-state index contributed by atoms with van der Waals surface area (Å²) in [6.07, 6.45) is 21.4. The van der Waals surface area contributed by atoms with Crippen molar-refractivity contribution in [3.05, 3.63) is 48.6 Å². The molecular formula is C19H30O3. The molecule has 0 rings (SSSR count). The molecule has 0 amide bonds. The first kappa shape index (κ1) is 20.4. The fourth-order valence-corrected chi connectivity index (χ4v) is 1.75. The molecular weight excluding hydrogens is 276 g/mol. The molecule has 0 aliphatic rings. The number of aliphatic hydroxyl groups is 1. The van der Waals surface area contributed by atoms with E-state index in [0.717, 1.165) is 32.1 Å². The quantitative estimate of drug-likeness (QED) is 0.250. The Kier molecular flexibility index (Phi) is 14.6. The molecule has 1 unspecified atom stereocenters. The summed E-state index contributed by atoms with van der Waals surface area (Å²) in [6.45, 7) is 2.11. The van der Waals surface area contributed by atoms with E-state index in [9.17, 15) is 9.90 Å². The number of methoxy groups -OCH3 is 1. The van der Waals surface area contributed by atoms with E-state index in [4.69, 9.17) is 0 Å². The lowest BCUT2D eigenvalue weighted by molar-refractivity contribution is -0.140. The zero-order valence-corrected chi connectivity index (χ0v) is 13.9. The molecule has 0 aromatic carbocycles. The standard InChI is InChI=1S/C19H30O3/c1-3-4-5-6-9-12-15-18(20)16-13-10-7-8-11-14-17-19(21)22-2/h4-5,7,9-10,12-13,16,18,20H,3,6,8,11,14-15,17H2,1-2H3/b5-4-,10-7-,12-9-,16-13+. The first-order chi connectivity index (χ1) is 10.7. The van der Waals surface area contributed by atoms with Gasteiger partial charge in [0.15, 0.2) is 0 Å². The van der Waals surface area contributed by atoms with Crippen molar-refractivity contribution < 1.29 is 14.6 Å². The third-order valence-corrected chi connectivity index (χ3v) is 3.03. The Labute approximate surface area is 135 Å². The third-order valence-electron chi connectivity index (χ3n) is 3.03. The fraction of sp³-hybridized carbons (Fsp3) is 0.526. The maximum atomic E-state index is 10.9. The highest BCUT2D eigenvalue weighted by Crippen LogP contribution is 2.02. The summed E-state index contributed by atoms with van der Waals surface area (Å²) < 4.78 is 4.58. The minimum Gasteiger partial charge on any atom is -0.469 e. The number of unbranched alkanes of at least 4 members (excludes halogenated alkanes) is 2. The van der Waals surface area contributed by atoms with Crippen molar-refractivity contribution in [1.82, 2.24) is 0 Å². The SMILES string of the molecule is CC/C=C\C/C=C\CC(O)/C=C/C=C\CCCCC(=O)OC. The molecule has 0 aliphatic carbocycles. The van der Waals surface area contributed by atoms with E-state index in [0.29, 0.717) is 12.8 Å². The Balaban J connectivity index is 3.63. The van der Waals surface area contributed by atoms with Gasteiger partial charge in [0.2, 0.25) is 0 Å². The predicted octanol–water partition coefficient (Wildman–Crippen LogP) is 4.50. The molecule has 3 nitrogen and oxygen atoms in total. The summed E-state index contributed by atoms with van der Waals surface area (Å²) in [5.74, 6) is -0.148. The van der Waals surface area contributed by atoms with E-state index < -0.39 is 6.10 Å². The van der Waals surface area contributed by atoms with Crippen LogP contribution >= 0.6 is 0 Å². The topological polar surface area (TPSA) is 46.5 Å². The van der Waals surface area contributed by atoms with Gasteiger partial charge in [-0.2, -0.15) is 0 Å². The average Bonchev–Trinajstić information content (AvgIpc) is 2.52. The summed E-state index contributed by atoms with van der Waals surface area (Å²) >= 11 is 0. The minimum atomic E-state index is -0.435. The summed E-state index contributed by atoms with van der Waals surface area (Å²) in [5.41, 5.74) is 0. The minimum absolute atomic E-state index is 0.148. The van der Waals surface area contributed by atoms with Gasteiger partial charge in [-0.15, -0.1) is 0 Å². The van der Waals surface area contributed by atoms with Gasteiger partial charge in [0, 0.05) is 6.42 Å². The summed E-state index contributed by atoms with van der Waals surface area (Å²) in [7, 11) is 1.41. The number of ether oxygens (including phenoxy) is 1. The molecule has 1 atom stereocenters. The molecule has 0 fully saturated rings. The van der Waals surface area contributed by atoms with Gasteiger partial charge in [-0.05, 0) is 38.5 Å². The normalized spacial score (nSPS) is 13.8. The van der Waals surface area contributed by atoms with E-state index in [-0.39, 0.29) is 5.97 Å². The van der Waals surface area contributed by atoms with Crippen LogP contribution in [0.2, 0.25) is 0 Å². The zero-order chi connectivity index (χ0) is 16.5. The van der Waals surface area contributed by atoms with Crippen molar-refractivity contribution in [2.45, 2.75) is 58.0 Å². The van der Waals surface area contributed by atoms with Gasteiger partial charge in [-0.1, -0.05) is 55.5 Å². The Morgan fingerprint density at radius 1 is 1.09 bits per heavy atom. The molecule has 0 saturated heterocycles. The van der Waals surface area contributed by atoms with Crippen LogP contribution in [0, 0.1) is 0 Å².